The van der Waals surface area contributed by atoms with Crippen molar-refractivity contribution in [2.24, 2.45) is 4.99 Å². The second-order valence-corrected chi connectivity index (χ2v) is 13.2. The number of ether oxygens (including phenoxy) is 2. The van der Waals surface area contributed by atoms with Crippen LogP contribution in [0.4, 0.5) is 0 Å². The van der Waals surface area contributed by atoms with Crippen molar-refractivity contribution in [1.29, 1.82) is 0 Å². The molecular weight excluding hydrogens is 580 g/mol. The highest BCUT2D eigenvalue weighted by atomic mass is 32.2. The minimum absolute atomic E-state index is 0.0615. The number of hydrogen-bond donors (Lipinski definition) is 1. The third-order valence-corrected chi connectivity index (χ3v) is 9.87. The zero-order valence-corrected chi connectivity index (χ0v) is 26.4. The first-order chi connectivity index (χ1) is 21.1. The fraction of sp³-hybridized carbons (Fsp3) is 0.424. The summed E-state index contributed by atoms with van der Waals surface area (Å²) >= 11 is 0. The molecule has 1 spiro atoms. The summed E-state index contributed by atoms with van der Waals surface area (Å²) in [6.07, 6.45) is 5.10. The van der Waals surface area contributed by atoms with Gasteiger partial charge in [0.1, 0.15) is 17.1 Å². The largest absolute Gasteiger partial charge is 0.493 e. The Hall–Kier alpha value is -3.80. The lowest BCUT2D eigenvalue weighted by atomic mass is 9.89. The Morgan fingerprint density at radius 1 is 1.14 bits per heavy atom. The van der Waals surface area contributed by atoms with Gasteiger partial charge >= 0.3 is 0 Å². The second-order valence-electron chi connectivity index (χ2n) is 11.1. The first kappa shape index (κ1) is 33.1. The molecule has 1 fully saturated rings. The van der Waals surface area contributed by atoms with E-state index in [9.17, 15) is 18.0 Å². The van der Waals surface area contributed by atoms with Crippen molar-refractivity contribution in [3.63, 3.8) is 0 Å². The number of carbonyl (C=O) groups excluding carboxylic acids is 2. The Kier molecular flexibility index (Phi) is 11.1. The third-order valence-electron chi connectivity index (χ3n) is 7.99. The van der Waals surface area contributed by atoms with E-state index >= 15 is 0 Å². The molecule has 4 rings (SSSR count). The molecule has 44 heavy (non-hydrogen) atoms. The number of nitrogens with one attached hydrogen (secondary N) is 1. The number of amidine groups is 1. The molecule has 2 aromatic carbocycles. The summed E-state index contributed by atoms with van der Waals surface area (Å²) in [5.41, 5.74) is 2.04. The van der Waals surface area contributed by atoms with E-state index in [0.29, 0.717) is 62.8 Å². The maximum atomic E-state index is 13.3. The molecule has 2 aliphatic heterocycles. The van der Waals surface area contributed by atoms with Crippen LogP contribution in [0.1, 0.15) is 46.3 Å². The molecule has 0 aliphatic carbocycles. The van der Waals surface area contributed by atoms with E-state index in [1.54, 1.807) is 36.2 Å². The van der Waals surface area contributed by atoms with Gasteiger partial charge in [-0.1, -0.05) is 30.4 Å². The van der Waals surface area contributed by atoms with Crippen LogP contribution in [0.15, 0.2) is 72.8 Å². The minimum Gasteiger partial charge on any atom is -0.493 e. The molecule has 0 unspecified atom stereocenters. The Morgan fingerprint density at radius 2 is 1.91 bits per heavy atom. The first-order valence-electron chi connectivity index (χ1n) is 14.9. The van der Waals surface area contributed by atoms with Crippen LogP contribution in [0.2, 0.25) is 0 Å². The second kappa shape index (κ2) is 14.8. The number of hydrogen-bond acceptors (Lipinski definition) is 7. The molecule has 2 aliphatic rings. The number of carbonyl (C=O) groups is 2. The Bertz CT molecular complexity index is 1510. The highest BCUT2D eigenvalue weighted by Gasteiger charge is 2.47. The van der Waals surface area contributed by atoms with Gasteiger partial charge in [0.15, 0.2) is 0 Å². The lowest BCUT2D eigenvalue weighted by Crippen LogP contribution is -2.50. The highest BCUT2D eigenvalue weighted by Crippen LogP contribution is 2.32. The Morgan fingerprint density at radius 3 is 2.61 bits per heavy atom. The number of piperidine rings is 1. The number of amides is 2. The van der Waals surface area contributed by atoms with Crippen molar-refractivity contribution in [1.82, 2.24) is 14.5 Å². The summed E-state index contributed by atoms with van der Waals surface area (Å²) in [6, 6.07) is 12.8. The molecule has 11 heteroatoms. The smallest absolute Gasteiger partial charge is 0.253 e. The molecule has 1 N–H and O–H groups in total. The van der Waals surface area contributed by atoms with Crippen LogP contribution < -0.4 is 10.1 Å². The molecular formula is C33H42N4O6S. The van der Waals surface area contributed by atoms with Gasteiger partial charge < -0.3 is 19.7 Å². The van der Waals surface area contributed by atoms with E-state index in [0.717, 1.165) is 23.1 Å². The fourth-order valence-electron chi connectivity index (χ4n) is 5.29. The van der Waals surface area contributed by atoms with E-state index in [2.05, 4.69) is 18.5 Å². The molecule has 236 valence electrons. The molecule has 1 saturated heterocycles. The van der Waals surface area contributed by atoms with Gasteiger partial charge in [0.05, 0.1) is 25.6 Å². The molecule has 0 bridgehead atoms. The quantitative estimate of drug-likeness (QED) is 0.240. The lowest BCUT2D eigenvalue weighted by molar-refractivity contribution is -0.124. The monoisotopic (exact) mass is 622 g/mol. The van der Waals surface area contributed by atoms with E-state index in [1.807, 2.05) is 37.3 Å². The van der Waals surface area contributed by atoms with Gasteiger partial charge in [0.2, 0.25) is 10.0 Å². The number of aryl methyl sites for hydroxylation is 2. The standard InChI is InChI=1S/C33H42N4O6S/c1-5-7-20-43-29-10-8-9-27(24-29)30-34-32(39)33(35-30)14-16-37(17-15-33)44(40,41)22-13-26-11-12-28(23-25(26)3)31(38)36(4)18-21-42-19-6-2/h5-6,8-12,23-24H,1-2,7,13-22H2,3-4H3,(H,34,35,39). The number of nitrogens with zero attached hydrogens (tertiary/aromatic N) is 3. The van der Waals surface area contributed by atoms with Gasteiger partial charge in [-0.15, -0.1) is 13.2 Å². The van der Waals surface area contributed by atoms with Crippen molar-refractivity contribution >= 4 is 27.7 Å². The van der Waals surface area contributed by atoms with Crippen LogP contribution in [0, 0.1) is 6.92 Å². The highest BCUT2D eigenvalue weighted by molar-refractivity contribution is 7.89. The van der Waals surface area contributed by atoms with Crippen molar-refractivity contribution in [2.75, 3.05) is 52.3 Å². The van der Waals surface area contributed by atoms with E-state index in [4.69, 9.17) is 14.5 Å². The van der Waals surface area contributed by atoms with Gasteiger partial charge in [-0.05, 0) is 68.0 Å². The number of benzene rings is 2. The molecule has 0 aromatic heterocycles. The van der Waals surface area contributed by atoms with E-state index in [-0.39, 0.29) is 30.7 Å². The Labute approximate surface area is 260 Å². The van der Waals surface area contributed by atoms with Crippen LogP contribution >= 0.6 is 0 Å². The van der Waals surface area contributed by atoms with Crippen molar-refractivity contribution in [3.8, 4) is 5.75 Å². The van der Waals surface area contributed by atoms with Gasteiger partial charge in [0, 0.05) is 37.8 Å². The number of rotatable bonds is 15. The summed E-state index contributed by atoms with van der Waals surface area (Å²) in [6.45, 7) is 11.4. The summed E-state index contributed by atoms with van der Waals surface area (Å²) in [5, 5.41) is 2.90. The molecule has 10 nitrogen and oxygen atoms in total. The SMILES string of the molecule is C=CCCOc1cccc(C2=NC3(CCN(S(=O)(=O)CCc4ccc(C(=O)N(C)CCOCC=C)cc4C)CC3)C(=O)N2)c1. The summed E-state index contributed by atoms with van der Waals surface area (Å²) in [4.78, 5) is 32.2. The van der Waals surface area contributed by atoms with Crippen LogP contribution in [0.3, 0.4) is 0 Å². The third kappa shape index (κ3) is 8.02. The van der Waals surface area contributed by atoms with Crippen LogP contribution in [0.25, 0.3) is 0 Å². The molecule has 0 atom stereocenters. The van der Waals surface area contributed by atoms with Crippen LogP contribution in [0.5, 0.6) is 5.75 Å². The minimum atomic E-state index is -3.57. The average molecular weight is 623 g/mol. The van der Waals surface area contributed by atoms with Crippen LogP contribution in [-0.2, 0) is 26.0 Å². The molecule has 2 amide bonds. The zero-order valence-electron chi connectivity index (χ0n) is 25.6. The summed E-state index contributed by atoms with van der Waals surface area (Å²) in [5.74, 6) is 0.765. The van der Waals surface area contributed by atoms with E-state index in [1.165, 1.54) is 4.31 Å². The molecule has 2 heterocycles. The van der Waals surface area contributed by atoms with Gasteiger partial charge in [-0.3, -0.25) is 14.6 Å². The lowest BCUT2D eigenvalue weighted by Gasteiger charge is -2.34. The van der Waals surface area contributed by atoms with Gasteiger partial charge in [-0.2, -0.15) is 0 Å². The Balaban J connectivity index is 1.33. The molecule has 2 aromatic rings. The van der Waals surface area contributed by atoms with Crippen molar-refractivity contribution in [3.05, 3.63) is 90.0 Å². The van der Waals surface area contributed by atoms with Crippen molar-refractivity contribution < 1.29 is 27.5 Å². The summed E-state index contributed by atoms with van der Waals surface area (Å²) < 4.78 is 39.1. The molecule has 0 saturated carbocycles. The number of sulfonamides is 1. The zero-order chi connectivity index (χ0) is 31.7. The predicted molar refractivity (Wildman–Crippen MR) is 172 cm³/mol. The van der Waals surface area contributed by atoms with Crippen molar-refractivity contribution in [2.45, 2.75) is 38.1 Å². The maximum Gasteiger partial charge on any atom is 0.253 e. The number of likely N-dealkylation sites (N-methyl/N-ethyl adjacent to an activating group) is 1. The predicted octanol–water partition coefficient (Wildman–Crippen LogP) is 3.51. The average Bonchev–Trinajstić information content (AvgIpc) is 3.33. The van der Waals surface area contributed by atoms with Gasteiger partial charge in [-0.25, -0.2) is 12.7 Å². The maximum absolute atomic E-state index is 13.3. The van der Waals surface area contributed by atoms with Crippen LogP contribution in [-0.4, -0.2) is 93.1 Å². The fourth-order valence-corrected chi connectivity index (χ4v) is 6.76. The topological polar surface area (TPSA) is 118 Å². The summed E-state index contributed by atoms with van der Waals surface area (Å²) in [7, 11) is -1.84. The van der Waals surface area contributed by atoms with E-state index < -0.39 is 15.6 Å². The molecule has 0 radical (unpaired) electrons. The first-order valence-corrected chi connectivity index (χ1v) is 16.5. The van der Waals surface area contributed by atoms with Gasteiger partial charge in [0.25, 0.3) is 11.8 Å². The number of aliphatic imine (C=N–C) groups is 1. The normalized spacial score (nSPS) is 16.3.